The number of benzene rings is 1. The molecule has 4 rings (SSSR count). The Bertz CT molecular complexity index is 1010. The number of amides is 2. The Morgan fingerprint density at radius 3 is 2.62 bits per heavy atom. The lowest BCUT2D eigenvalue weighted by Gasteiger charge is -2.36. The first-order valence-corrected chi connectivity index (χ1v) is 8.44. The Kier molecular flexibility index (Phi) is 4.18. The number of aromatic nitrogens is 2. The maximum Gasteiger partial charge on any atom is 0.332 e. The summed E-state index contributed by atoms with van der Waals surface area (Å²) in [6.45, 7) is 0.760. The Hall–Kier alpha value is -3.12. The lowest BCUT2D eigenvalue weighted by atomic mass is 10.1. The first-order chi connectivity index (χ1) is 12.6. The maximum absolute atomic E-state index is 13.2. The predicted molar refractivity (Wildman–Crippen MR) is 99.5 cm³/mol. The van der Waals surface area contributed by atoms with E-state index in [0.717, 1.165) is 5.56 Å². The molecule has 26 heavy (non-hydrogen) atoms. The molecule has 1 aliphatic rings. The zero-order valence-electron chi connectivity index (χ0n) is 13.7. The molecule has 0 aliphatic carbocycles. The molecule has 0 bridgehead atoms. The van der Waals surface area contributed by atoms with Crippen LogP contribution >= 0.6 is 11.6 Å². The molecule has 2 aromatic heterocycles. The molecule has 0 fully saturated rings. The fraction of sp³-hybridized carbons (Fsp3) is 0.105. The van der Waals surface area contributed by atoms with E-state index in [0.29, 0.717) is 29.7 Å². The summed E-state index contributed by atoms with van der Waals surface area (Å²) in [6, 6.07) is 13.7. The summed E-state index contributed by atoms with van der Waals surface area (Å²) < 4.78 is 1.79. The number of carbonyl (C=O) groups is 1. The monoisotopic (exact) mass is 366 g/mol. The molecule has 3 heterocycles. The fourth-order valence-corrected chi connectivity index (χ4v) is 3.14. The van der Waals surface area contributed by atoms with Gasteiger partial charge in [0.05, 0.1) is 18.9 Å². The van der Waals surface area contributed by atoms with Crippen molar-refractivity contribution in [3.63, 3.8) is 0 Å². The third-order valence-electron chi connectivity index (χ3n) is 4.16. The molecule has 0 unspecified atom stereocenters. The summed E-state index contributed by atoms with van der Waals surface area (Å²) in [5.74, 6) is 0.607. The summed E-state index contributed by atoms with van der Waals surface area (Å²) in [5.41, 5.74) is 1.53. The van der Waals surface area contributed by atoms with Gasteiger partial charge in [0.15, 0.2) is 5.43 Å². The van der Waals surface area contributed by atoms with Crippen LogP contribution in [0.25, 0.3) is 0 Å². The van der Waals surface area contributed by atoms with Crippen LogP contribution in [0.15, 0.2) is 71.9 Å². The van der Waals surface area contributed by atoms with Crippen molar-refractivity contribution in [1.29, 1.82) is 0 Å². The normalized spacial score (nSPS) is 13.7. The fourth-order valence-electron chi connectivity index (χ4n) is 2.95. The van der Waals surface area contributed by atoms with Crippen LogP contribution in [0.2, 0.25) is 5.02 Å². The van der Waals surface area contributed by atoms with Gasteiger partial charge in [0.1, 0.15) is 5.82 Å². The first kappa shape index (κ1) is 16.4. The Labute approximate surface area is 154 Å². The Balaban J connectivity index is 1.74. The number of hydrogen-bond acceptors (Lipinski definition) is 3. The minimum Gasteiger partial charge on any atom is -0.336 e. The highest BCUT2D eigenvalue weighted by Gasteiger charge is 2.32. The average Bonchev–Trinajstić information content (AvgIpc) is 2.64. The van der Waals surface area contributed by atoms with Crippen molar-refractivity contribution in [1.82, 2.24) is 14.5 Å². The number of halogens is 1. The number of rotatable bonds is 3. The van der Waals surface area contributed by atoms with Crippen LogP contribution in [0, 0.1) is 0 Å². The number of hydrogen-bond donors (Lipinski definition) is 0. The zero-order valence-corrected chi connectivity index (χ0v) is 14.5. The van der Waals surface area contributed by atoms with Crippen molar-refractivity contribution in [2.75, 3.05) is 4.90 Å². The minimum atomic E-state index is -0.197. The molecule has 3 aromatic rings. The minimum absolute atomic E-state index is 0.0682. The van der Waals surface area contributed by atoms with Gasteiger partial charge >= 0.3 is 6.03 Å². The van der Waals surface area contributed by atoms with E-state index in [-0.39, 0.29) is 11.5 Å². The number of carbonyl (C=O) groups excluding carboxylic acids is 1. The molecule has 130 valence electrons. The van der Waals surface area contributed by atoms with Crippen molar-refractivity contribution in [3.05, 3.63) is 87.9 Å². The summed E-state index contributed by atoms with van der Waals surface area (Å²) in [7, 11) is 0. The highest BCUT2D eigenvalue weighted by molar-refractivity contribution is 6.31. The van der Waals surface area contributed by atoms with E-state index in [1.54, 1.807) is 51.2 Å². The maximum atomic E-state index is 13.2. The third kappa shape index (κ3) is 3.07. The Morgan fingerprint density at radius 1 is 1.04 bits per heavy atom. The summed E-state index contributed by atoms with van der Waals surface area (Å²) >= 11 is 6.11. The third-order valence-corrected chi connectivity index (χ3v) is 4.40. The van der Waals surface area contributed by atoms with Gasteiger partial charge in [0.25, 0.3) is 0 Å². The van der Waals surface area contributed by atoms with Gasteiger partial charge in [0, 0.05) is 41.3 Å². The van der Waals surface area contributed by atoms with E-state index in [1.165, 1.54) is 12.1 Å². The molecular formula is C19H15ClN4O2. The van der Waals surface area contributed by atoms with Crippen LogP contribution in [0.4, 0.5) is 16.3 Å². The molecule has 0 saturated heterocycles. The van der Waals surface area contributed by atoms with Gasteiger partial charge in [-0.2, -0.15) is 0 Å². The molecule has 0 saturated carbocycles. The van der Waals surface area contributed by atoms with E-state index in [1.807, 2.05) is 18.2 Å². The van der Waals surface area contributed by atoms with Crippen LogP contribution in [0.5, 0.6) is 0 Å². The van der Waals surface area contributed by atoms with Crippen molar-refractivity contribution >= 4 is 29.1 Å². The summed E-state index contributed by atoms with van der Waals surface area (Å²) in [4.78, 5) is 32.1. The average molecular weight is 367 g/mol. The van der Waals surface area contributed by atoms with Gasteiger partial charge in [-0.1, -0.05) is 23.7 Å². The highest BCUT2D eigenvalue weighted by Crippen LogP contribution is 2.34. The largest absolute Gasteiger partial charge is 0.336 e. The van der Waals surface area contributed by atoms with E-state index >= 15 is 0 Å². The molecule has 6 nitrogen and oxygen atoms in total. The summed E-state index contributed by atoms with van der Waals surface area (Å²) in [5, 5.41) is 0.547. The van der Waals surface area contributed by atoms with Crippen molar-refractivity contribution in [2.45, 2.75) is 13.2 Å². The molecule has 1 aliphatic heterocycles. The van der Waals surface area contributed by atoms with Crippen LogP contribution in [-0.2, 0) is 13.2 Å². The topological polar surface area (TPSA) is 58.4 Å². The van der Waals surface area contributed by atoms with Gasteiger partial charge in [-0.05, 0) is 24.3 Å². The van der Waals surface area contributed by atoms with E-state index in [2.05, 4.69) is 4.98 Å². The standard InChI is InChI=1S/C19H15ClN4O2/c20-15-4-1-5-16(11-15)24-18-14(3-2-8-21-18)12-23(19(24)26)13-22-9-6-17(25)7-10-22/h1-11H,12-13H2. The van der Waals surface area contributed by atoms with E-state index in [9.17, 15) is 9.59 Å². The second-order valence-electron chi connectivity index (χ2n) is 5.97. The molecular weight excluding hydrogens is 352 g/mol. The number of fused-ring (bicyclic) bond motifs is 1. The van der Waals surface area contributed by atoms with Crippen molar-refractivity contribution in [2.24, 2.45) is 0 Å². The van der Waals surface area contributed by atoms with Gasteiger partial charge in [-0.15, -0.1) is 0 Å². The lowest BCUT2D eigenvalue weighted by molar-refractivity contribution is 0.183. The quantitative estimate of drug-likeness (QED) is 0.711. The number of urea groups is 1. The van der Waals surface area contributed by atoms with E-state index in [4.69, 9.17) is 11.6 Å². The van der Waals surface area contributed by atoms with Crippen molar-refractivity contribution < 1.29 is 4.79 Å². The molecule has 0 N–H and O–H groups in total. The number of anilines is 2. The lowest BCUT2D eigenvalue weighted by Crippen LogP contribution is -2.45. The smallest absolute Gasteiger partial charge is 0.332 e. The molecule has 2 amide bonds. The van der Waals surface area contributed by atoms with Crippen LogP contribution < -0.4 is 10.3 Å². The SMILES string of the molecule is O=C1N(Cn2ccc(=O)cc2)Cc2cccnc2N1c1cccc(Cl)c1. The van der Waals surface area contributed by atoms with Gasteiger partial charge in [-0.3, -0.25) is 4.79 Å². The molecule has 0 radical (unpaired) electrons. The predicted octanol–water partition coefficient (Wildman–Crippen LogP) is 3.63. The van der Waals surface area contributed by atoms with E-state index < -0.39 is 0 Å². The molecule has 0 spiro atoms. The van der Waals surface area contributed by atoms with Gasteiger partial charge < -0.3 is 9.47 Å². The molecule has 0 atom stereocenters. The summed E-state index contributed by atoms with van der Waals surface area (Å²) in [6.07, 6.45) is 5.00. The van der Waals surface area contributed by atoms with Crippen LogP contribution in [0.3, 0.4) is 0 Å². The first-order valence-electron chi connectivity index (χ1n) is 8.06. The van der Waals surface area contributed by atoms with Crippen LogP contribution in [-0.4, -0.2) is 20.5 Å². The molecule has 1 aromatic carbocycles. The highest BCUT2D eigenvalue weighted by atomic mass is 35.5. The zero-order chi connectivity index (χ0) is 18.1. The molecule has 7 heteroatoms. The number of pyridine rings is 2. The van der Waals surface area contributed by atoms with Crippen molar-refractivity contribution in [3.8, 4) is 0 Å². The number of nitrogens with zero attached hydrogens (tertiary/aromatic N) is 4. The van der Waals surface area contributed by atoms with Crippen LogP contribution in [0.1, 0.15) is 5.56 Å². The second-order valence-corrected chi connectivity index (χ2v) is 6.41. The Morgan fingerprint density at radius 2 is 1.85 bits per heavy atom. The van der Waals surface area contributed by atoms with Gasteiger partial charge in [-0.25, -0.2) is 14.7 Å². The second kappa shape index (κ2) is 6.65. The van der Waals surface area contributed by atoms with Gasteiger partial charge in [0.2, 0.25) is 0 Å².